The van der Waals surface area contributed by atoms with Crippen LogP contribution in [0.5, 0.6) is 0 Å². The summed E-state index contributed by atoms with van der Waals surface area (Å²) < 4.78 is 0.247. The summed E-state index contributed by atoms with van der Waals surface area (Å²) in [5.41, 5.74) is -0.0267. The number of carbonyl (C=O) groups excluding carboxylic acids is 1. The molecule has 3 heteroatoms. The fourth-order valence-corrected chi connectivity index (χ4v) is 4.69. The molecule has 0 aromatic rings. The molecule has 0 aliphatic heterocycles. The standard InChI is InChI=1S/C13H21IO2/c1-5-6-10(15)11-8(2)12(16)9(14)7-13(11,3)4/h5-6,8-9,11-12,16H,7H2,1-4H3/b6-5+. The fraction of sp³-hybridized carbons (Fsp3) is 0.769. The lowest BCUT2D eigenvalue weighted by molar-refractivity contribution is -0.129. The van der Waals surface area contributed by atoms with Gasteiger partial charge in [-0.3, -0.25) is 4.79 Å². The topological polar surface area (TPSA) is 37.3 Å². The van der Waals surface area contributed by atoms with Gasteiger partial charge in [0.2, 0.25) is 0 Å². The third kappa shape index (κ3) is 2.67. The SMILES string of the molecule is C/C=C/C(=O)C1C(C)C(O)C(I)CC1(C)C. The van der Waals surface area contributed by atoms with Crippen molar-refractivity contribution in [1.29, 1.82) is 0 Å². The van der Waals surface area contributed by atoms with E-state index in [9.17, 15) is 9.90 Å². The lowest BCUT2D eigenvalue weighted by atomic mass is 9.61. The first kappa shape index (κ1) is 14.2. The molecular formula is C13H21IO2. The Morgan fingerprint density at radius 3 is 2.56 bits per heavy atom. The highest BCUT2D eigenvalue weighted by Gasteiger charge is 2.47. The number of aliphatic hydroxyl groups excluding tert-OH is 1. The van der Waals surface area contributed by atoms with Crippen LogP contribution in [0.15, 0.2) is 12.2 Å². The van der Waals surface area contributed by atoms with Crippen molar-refractivity contribution < 1.29 is 9.90 Å². The first-order chi connectivity index (χ1) is 7.31. The van der Waals surface area contributed by atoms with Gasteiger partial charge in [-0.25, -0.2) is 0 Å². The fourth-order valence-electron chi connectivity index (χ4n) is 2.90. The van der Waals surface area contributed by atoms with Gasteiger partial charge in [-0.05, 0) is 30.8 Å². The average molecular weight is 336 g/mol. The second kappa shape index (κ2) is 5.17. The van der Waals surface area contributed by atoms with Crippen LogP contribution < -0.4 is 0 Å². The molecule has 0 radical (unpaired) electrons. The molecule has 1 fully saturated rings. The van der Waals surface area contributed by atoms with Crippen LogP contribution in [-0.4, -0.2) is 20.9 Å². The number of alkyl halides is 1. The highest BCUT2D eigenvalue weighted by molar-refractivity contribution is 14.1. The molecule has 4 unspecified atom stereocenters. The number of aliphatic hydroxyl groups is 1. The van der Waals surface area contributed by atoms with E-state index in [2.05, 4.69) is 36.4 Å². The molecule has 1 saturated carbocycles. The molecule has 1 N–H and O–H groups in total. The van der Waals surface area contributed by atoms with Crippen molar-refractivity contribution in [3.8, 4) is 0 Å². The van der Waals surface area contributed by atoms with E-state index in [0.29, 0.717) is 0 Å². The summed E-state index contributed by atoms with van der Waals surface area (Å²) in [6.45, 7) is 8.11. The number of ketones is 1. The molecule has 0 heterocycles. The number of carbonyl (C=O) groups is 1. The summed E-state index contributed by atoms with van der Waals surface area (Å²) >= 11 is 2.30. The molecule has 1 rings (SSSR count). The van der Waals surface area contributed by atoms with E-state index >= 15 is 0 Å². The van der Waals surface area contributed by atoms with Crippen molar-refractivity contribution in [2.45, 2.75) is 44.1 Å². The van der Waals surface area contributed by atoms with E-state index in [-0.39, 0.29) is 33.1 Å². The Kier molecular flexibility index (Phi) is 4.57. The lowest BCUT2D eigenvalue weighted by Gasteiger charge is -2.46. The zero-order chi connectivity index (χ0) is 12.5. The van der Waals surface area contributed by atoms with E-state index in [1.807, 2.05) is 13.8 Å². The quantitative estimate of drug-likeness (QED) is 0.478. The minimum atomic E-state index is -0.368. The van der Waals surface area contributed by atoms with Crippen molar-refractivity contribution in [2.75, 3.05) is 0 Å². The first-order valence-corrected chi connectivity index (χ1v) is 7.04. The van der Waals surface area contributed by atoms with Crippen LogP contribution in [0.4, 0.5) is 0 Å². The molecule has 1 aliphatic rings. The Morgan fingerprint density at radius 2 is 2.06 bits per heavy atom. The van der Waals surface area contributed by atoms with E-state index in [4.69, 9.17) is 0 Å². The monoisotopic (exact) mass is 336 g/mol. The zero-order valence-electron chi connectivity index (χ0n) is 10.4. The van der Waals surface area contributed by atoms with Gasteiger partial charge < -0.3 is 5.11 Å². The van der Waals surface area contributed by atoms with Gasteiger partial charge in [-0.2, -0.15) is 0 Å². The lowest BCUT2D eigenvalue weighted by Crippen LogP contribution is -2.50. The van der Waals surface area contributed by atoms with Crippen LogP contribution in [0.25, 0.3) is 0 Å². The van der Waals surface area contributed by atoms with Crippen LogP contribution in [-0.2, 0) is 4.79 Å². The van der Waals surface area contributed by atoms with Crippen molar-refractivity contribution in [1.82, 2.24) is 0 Å². The van der Waals surface area contributed by atoms with Gasteiger partial charge in [-0.15, -0.1) is 0 Å². The Balaban J connectivity index is 2.99. The highest BCUT2D eigenvalue weighted by Crippen LogP contribution is 2.46. The highest BCUT2D eigenvalue weighted by atomic mass is 127. The zero-order valence-corrected chi connectivity index (χ0v) is 12.6. The van der Waals surface area contributed by atoms with Gasteiger partial charge in [0.15, 0.2) is 5.78 Å². The number of hydrogen-bond donors (Lipinski definition) is 1. The third-order valence-corrected chi connectivity index (χ3v) is 4.81. The predicted octanol–water partition coefficient (Wildman–Crippen LogP) is 2.98. The number of allylic oxidation sites excluding steroid dienone is 2. The maximum absolute atomic E-state index is 12.1. The summed E-state index contributed by atoms with van der Waals surface area (Å²) in [6, 6.07) is 0. The number of rotatable bonds is 2. The molecule has 16 heavy (non-hydrogen) atoms. The van der Waals surface area contributed by atoms with Crippen LogP contribution in [0.3, 0.4) is 0 Å². The Labute approximate surface area is 112 Å². The average Bonchev–Trinajstić information content (AvgIpc) is 2.13. The maximum Gasteiger partial charge on any atom is 0.159 e. The Bertz CT molecular complexity index is 296. The van der Waals surface area contributed by atoms with Crippen molar-refractivity contribution in [2.24, 2.45) is 17.3 Å². The molecule has 0 amide bonds. The van der Waals surface area contributed by atoms with Gasteiger partial charge in [0.25, 0.3) is 0 Å². The normalized spacial score (nSPS) is 38.9. The number of hydrogen-bond acceptors (Lipinski definition) is 2. The molecule has 0 spiro atoms. The van der Waals surface area contributed by atoms with Crippen molar-refractivity contribution in [3.63, 3.8) is 0 Å². The molecule has 0 aromatic heterocycles. The summed E-state index contributed by atoms with van der Waals surface area (Å²) in [4.78, 5) is 12.1. The molecule has 1 aliphatic carbocycles. The van der Waals surface area contributed by atoms with Crippen molar-refractivity contribution in [3.05, 3.63) is 12.2 Å². The maximum atomic E-state index is 12.1. The third-order valence-electron chi connectivity index (χ3n) is 3.64. The van der Waals surface area contributed by atoms with E-state index in [0.717, 1.165) is 6.42 Å². The Morgan fingerprint density at radius 1 is 1.50 bits per heavy atom. The van der Waals surface area contributed by atoms with Crippen LogP contribution >= 0.6 is 22.6 Å². The van der Waals surface area contributed by atoms with E-state index in [1.165, 1.54) is 0 Å². The Hall–Kier alpha value is 0.1000. The van der Waals surface area contributed by atoms with Gasteiger partial charge in [0, 0.05) is 9.84 Å². The minimum Gasteiger partial charge on any atom is -0.392 e. The van der Waals surface area contributed by atoms with Crippen LogP contribution in [0.2, 0.25) is 0 Å². The largest absolute Gasteiger partial charge is 0.392 e. The molecule has 92 valence electrons. The molecule has 0 saturated heterocycles. The van der Waals surface area contributed by atoms with Gasteiger partial charge >= 0.3 is 0 Å². The van der Waals surface area contributed by atoms with Crippen LogP contribution in [0.1, 0.15) is 34.1 Å². The van der Waals surface area contributed by atoms with Gasteiger partial charge in [0.05, 0.1) is 6.10 Å². The molecule has 4 atom stereocenters. The van der Waals surface area contributed by atoms with E-state index in [1.54, 1.807) is 12.2 Å². The molecule has 0 aromatic carbocycles. The second-order valence-corrected chi connectivity index (χ2v) is 7.04. The molecular weight excluding hydrogens is 315 g/mol. The summed E-state index contributed by atoms with van der Waals surface area (Å²) in [6.07, 6.45) is 3.96. The predicted molar refractivity (Wildman–Crippen MR) is 74.7 cm³/mol. The van der Waals surface area contributed by atoms with E-state index < -0.39 is 0 Å². The molecule has 0 bridgehead atoms. The molecule has 2 nitrogen and oxygen atoms in total. The number of halogens is 1. The van der Waals surface area contributed by atoms with Gasteiger partial charge in [0.1, 0.15) is 0 Å². The van der Waals surface area contributed by atoms with Crippen LogP contribution in [0, 0.1) is 17.3 Å². The van der Waals surface area contributed by atoms with Gasteiger partial charge in [-0.1, -0.05) is 49.4 Å². The summed E-state index contributed by atoms with van der Waals surface area (Å²) in [5, 5.41) is 10.1. The second-order valence-electron chi connectivity index (χ2n) is 5.44. The summed E-state index contributed by atoms with van der Waals surface area (Å²) in [5.74, 6) is 0.126. The first-order valence-electron chi connectivity index (χ1n) is 5.80. The van der Waals surface area contributed by atoms with Crippen molar-refractivity contribution >= 4 is 28.4 Å². The summed E-state index contributed by atoms with van der Waals surface area (Å²) in [7, 11) is 0. The minimum absolute atomic E-state index is 0.0267. The smallest absolute Gasteiger partial charge is 0.159 e.